The zero-order valence-electron chi connectivity index (χ0n) is 9.22. The van der Waals surface area contributed by atoms with Crippen molar-refractivity contribution < 1.29 is 22.0 Å². The van der Waals surface area contributed by atoms with Crippen LogP contribution in [0, 0.1) is 13.8 Å². The van der Waals surface area contributed by atoms with Crippen molar-refractivity contribution in [2.24, 2.45) is 5.73 Å². The van der Waals surface area contributed by atoms with Gasteiger partial charge in [0.2, 0.25) is 0 Å². The molecule has 1 rings (SSSR count). The minimum Gasteiger partial charge on any atom is -0.328 e. The summed E-state index contributed by atoms with van der Waals surface area (Å²) in [5.41, 5.74) is 5.67. The van der Waals surface area contributed by atoms with E-state index in [9.17, 15) is 22.0 Å². The molecule has 8 heteroatoms. The van der Waals surface area contributed by atoms with E-state index in [4.69, 9.17) is 5.73 Å². The predicted octanol–water partition coefficient (Wildman–Crippen LogP) is 2.20. The Kier molecular flexibility index (Phi) is 3.47. The summed E-state index contributed by atoms with van der Waals surface area (Å²) in [6, 6.07) is -2.18. The van der Waals surface area contributed by atoms with Crippen molar-refractivity contribution in [3.63, 3.8) is 0 Å². The Balaban J connectivity index is 3.21. The molecule has 0 fully saturated rings. The van der Waals surface area contributed by atoms with Gasteiger partial charge in [-0.3, -0.25) is 0 Å². The molecule has 1 atom stereocenters. The number of alkyl halides is 5. The predicted molar refractivity (Wildman–Crippen MR) is 50.8 cm³/mol. The molecule has 0 amide bonds. The van der Waals surface area contributed by atoms with Crippen LogP contribution in [-0.4, -0.2) is 28.2 Å². The van der Waals surface area contributed by atoms with Gasteiger partial charge in [0, 0.05) is 12.2 Å². The fraction of sp³-hybridized carbons (Fsp3) is 0.667. The summed E-state index contributed by atoms with van der Waals surface area (Å²) in [5.74, 6) is -4.89. The molecule has 0 aliphatic heterocycles. The second-order valence-electron chi connectivity index (χ2n) is 3.69. The van der Waals surface area contributed by atoms with E-state index in [0.717, 1.165) is 10.9 Å². The number of rotatable bonds is 3. The normalized spacial score (nSPS) is 15.1. The van der Waals surface area contributed by atoms with Crippen LogP contribution in [-0.2, 0) is 0 Å². The van der Waals surface area contributed by atoms with E-state index in [1.54, 1.807) is 0 Å². The molecule has 3 nitrogen and oxygen atoms in total. The first-order valence-corrected chi connectivity index (χ1v) is 4.77. The summed E-state index contributed by atoms with van der Waals surface area (Å²) in [6.45, 7) is 2.10. The number of hydrogen-bond donors (Lipinski definition) is 1. The van der Waals surface area contributed by atoms with E-state index in [1.165, 1.54) is 13.8 Å². The van der Waals surface area contributed by atoms with Crippen molar-refractivity contribution >= 4 is 0 Å². The molecule has 0 spiro atoms. The molecule has 1 unspecified atom stereocenters. The molecule has 1 aromatic rings. The van der Waals surface area contributed by atoms with Crippen molar-refractivity contribution in [1.82, 2.24) is 9.55 Å². The molecule has 0 saturated carbocycles. The molecule has 1 aromatic heterocycles. The van der Waals surface area contributed by atoms with Gasteiger partial charge < -0.3 is 10.3 Å². The van der Waals surface area contributed by atoms with E-state index in [1.807, 2.05) is 0 Å². The van der Waals surface area contributed by atoms with Crippen LogP contribution >= 0.6 is 0 Å². The van der Waals surface area contributed by atoms with Crippen LogP contribution in [0.25, 0.3) is 0 Å². The third kappa shape index (κ3) is 2.26. The van der Waals surface area contributed by atoms with Crippen LogP contribution in [0.4, 0.5) is 22.0 Å². The van der Waals surface area contributed by atoms with Crippen LogP contribution in [0.2, 0.25) is 0 Å². The number of halogens is 5. The summed E-state index contributed by atoms with van der Waals surface area (Å²) in [5, 5.41) is 0. The second-order valence-corrected chi connectivity index (χ2v) is 3.69. The molecule has 98 valence electrons. The van der Waals surface area contributed by atoms with E-state index < -0.39 is 24.7 Å². The van der Waals surface area contributed by atoms with Crippen LogP contribution in [0.5, 0.6) is 0 Å². The zero-order chi connectivity index (χ0) is 13.4. The van der Waals surface area contributed by atoms with Gasteiger partial charge in [0.05, 0.1) is 12.0 Å². The maximum Gasteiger partial charge on any atom is 0.455 e. The Morgan fingerprint density at radius 2 is 1.82 bits per heavy atom. The third-order valence-corrected chi connectivity index (χ3v) is 2.64. The van der Waals surface area contributed by atoms with Crippen molar-refractivity contribution in [1.29, 1.82) is 0 Å². The minimum atomic E-state index is -5.64. The maximum absolute atomic E-state index is 13.2. The fourth-order valence-corrected chi connectivity index (χ4v) is 1.46. The fourth-order valence-electron chi connectivity index (χ4n) is 1.46. The van der Waals surface area contributed by atoms with Crippen LogP contribution < -0.4 is 5.73 Å². The van der Waals surface area contributed by atoms with Crippen molar-refractivity contribution in [2.45, 2.75) is 32.0 Å². The van der Waals surface area contributed by atoms with E-state index in [-0.39, 0.29) is 5.69 Å². The number of nitrogens with zero attached hydrogens (tertiary/aromatic N) is 2. The van der Waals surface area contributed by atoms with Gasteiger partial charge in [-0.1, -0.05) is 0 Å². The SMILES string of the molecule is Cc1ncn(C(CN)C(F)(F)C(F)(F)F)c1C. The quantitative estimate of drug-likeness (QED) is 0.843. The minimum absolute atomic E-state index is 0.240. The molecule has 1 heterocycles. The van der Waals surface area contributed by atoms with Gasteiger partial charge in [-0.2, -0.15) is 22.0 Å². The van der Waals surface area contributed by atoms with Gasteiger partial charge in [-0.05, 0) is 13.8 Å². The van der Waals surface area contributed by atoms with Gasteiger partial charge in [0.15, 0.2) is 0 Å². The summed E-state index contributed by atoms with van der Waals surface area (Å²) >= 11 is 0. The highest BCUT2D eigenvalue weighted by atomic mass is 19.4. The van der Waals surface area contributed by atoms with Crippen LogP contribution in [0.3, 0.4) is 0 Å². The smallest absolute Gasteiger partial charge is 0.328 e. The lowest BCUT2D eigenvalue weighted by molar-refractivity contribution is -0.297. The summed E-state index contributed by atoms with van der Waals surface area (Å²) in [4.78, 5) is 3.69. The lowest BCUT2D eigenvalue weighted by atomic mass is 10.1. The number of imidazole rings is 1. The van der Waals surface area contributed by atoms with Gasteiger partial charge in [0.25, 0.3) is 0 Å². The van der Waals surface area contributed by atoms with Crippen LogP contribution in [0.1, 0.15) is 17.4 Å². The highest BCUT2D eigenvalue weighted by Gasteiger charge is 2.62. The lowest BCUT2D eigenvalue weighted by Crippen LogP contribution is -2.47. The third-order valence-electron chi connectivity index (χ3n) is 2.64. The first kappa shape index (κ1) is 13.9. The Morgan fingerprint density at radius 1 is 1.29 bits per heavy atom. The molecular formula is C9H12F5N3. The average Bonchev–Trinajstić information content (AvgIpc) is 2.49. The summed E-state index contributed by atoms with van der Waals surface area (Å²) in [6.07, 6.45) is -4.69. The highest BCUT2D eigenvalue weighted by Crippen LogP contribution is 2.43. The maximum atomic E-state index is 13.2. The van der Waals surface area contributed by atoms with Crippen molar-refractivity contribution in [3.8, 4) is 0 Å². The number of hydrogen-bond acceptors (Lipinski definition) is 2. The standard InChI is InChI=1S/C9H12F5N3/c1-5-6(2)17(4-16-5)7(3-15)8(10,11)9(12,13)14/h4,7H,3,15H2,1-2H3. The Hall–Kier alpha value is -1.18. The van der Waals surface area contributed by atoms with E-state index >= 15 is 0 Å². The first-order valence-electron chi connectivity index (χ1n) is 4.77. The summed E-state index contributed by atoms with van der Waals surface area (Å²) in [7, 11) is 0. The number of aryl methyl sites for hydroxylation is 1. The molecule has 17 heavy (non-hydrogen) atoms. The molecule has 0 aliphatic rings. The second kappa shape index (κ2) is 4.25. The van der Waals surface area contributed by atoms with Crippen molar-refractivity contribution in [3.05, 3.63) is 17.7 Å². The Bertz CT molecular complexity index is 396. The zero-order valence-corrected chi connectivity index (χ0v) is 9.22. The average molecular weight is 257 g/mol. The first-order chi connectivity index (χ1) is 7.63. The molecule has 0 bridgehead atoms. The molecule has 0 saturated heterocycles. The molecule has 0 aliphatic carbocycles. The number of aromatic nitrogens is 2. The van der Waals surface area contributed by atoms with Gasteiger partial charge >= 0.3 is 12.1 Å². The topological polar surface area (TPSA) is 43.8 Å². The summed E-state index contributed by atoms with van der Waals surface area (Å²) < 4.78 is 64.0. The molecular weight excluding hydrogens is 245 g/mol. The Morgan fingerprint density at radius 3 is 2.12 bits per heavy atom. The van der Waals surface area contributed by atoms with Crippen LogP contribution in [0.15, 0.2) is 6.33 Å². The highest BCUT2D eigenvalue weighted by molar-refractivity contribution is 5.11. The van der Waals surface area contributed by atoms with E-state index in [2.05, 4.69) is 4.98 Å². The Labute approximate surface area is 94.4 Å². The number of nitrogens with two attached hydrogens (primary N) is 1. The molecule has 0 radical (unpaired) electrons. The monoisotopic (exact) mass is 257 g/mol. The molecule has 2 N–H and O–H groups in total. The largest absolute Gasteiger partial charge is 0.455 e. The van der Waals surface area contributed by atoms with Gasteiger partial charge in [0.1, 0.15) is 6.04 Å². The van der Waals surface area contributed by atoms with Gasteiger partial charge in [-0.15, -0.1) is 0 Å². The van der Waals surface area contributed by atoms with Gasteiger partial charge in [-0.25, -0.2) is 4.98 Å². The van der Waals surface area contributed by atoms with Crippen molar-refractivity contribution in [2.75, 3.05) is 6.54 Å². The lowest BCUT2D eigenvalue weighted by Gasteiger charge is -2.29. The van der Waals surface area contributed by atoms with E-state index in [0.29, 0.717) is 5.69 Å². The molecule has 0 aromatic carbocycles.